The van der Waals surface area contributed by atoms with E-state index in [1.165, 1.54) is 0 Å². The van der Waals surface area contributed by atoms with Crippen LogP contribution in [0.3, 0.4) is 0 Å². The number of hydrogen-bond donors (Lipinski definition) is 1. The molecule has 2 rings (SSSR count). The van der Waals surface area contributed by atoms with Gasteiger partial charge in [0.25, 0.3) is 0 Å². The molecular formula is C17H18ClNOS. The van der Waals surface area contributed by atoms with Crippen molar-refractivity contribution in [2.45, 2.75) is 17.7 Å². The Morgan fingerprint density at radius 2 is 1.76 bits per heavy atom. The molecule has 0 aliphatic carbocycles. The van der Waals surface area contributed by atoms with Crippen LogP contribution in [0, 0.1) is 0 Å². The van der Waals surface area contributed by atoms with Gasteiger partial charge in [0.1, 0.15) is 0 Å². The summed E-state index contributed by atoms with van der Waals surface area (Å²) in [6.45, 7) is 0.680. The first-order valence-corrected chi connectivity index (χ1v) is 8.30. The minimum absolute atomic E-state index is 0.0722. The number of carbonyl (C=O) groups excluding carboxylic acids is 1. The Morgan fingerprint density at radius 1 is 1.05 bits per heavy atom. The van der Waals surface area contributed by atoms with Crippen molar-refractivity contribution in [3.8, 4) is 0 Å². The quantitative estimate of drug-likeness (QED) is 0.612. The van der Waals surface area contributed by atoms with Gasteiger partial charge in [0, 0.05) is 16.5 Å². The first-order valence-electron chi connectivity index (χ1n) is 6.93. The van der Waals surface area contributed by atoms with Crippen molar-refractivity contribution in [3.63, 3.8) is 0 Å². The van der Waals surface area contributed by atoms with Gasteiger partial charge in [-0.2, -0.15) is 0 Å². The van der Waals surface area contributed by atoms with Gasteiger partial charge >= 0.3 is 0 Å². The second-order valence-corrected chi connectivity index (χ2v) is 6.10. The van der Waals surface area contributed by atoms with E-state index in [4.69, 9.17) is 11.6 Å². The van der Waals surface area contributed by atoms with E-state index in [1.807, 2.05) is 54.6 Å². The summed E-state index contributed by atoms with van der Waals surface area (Å²) in [5, 5.41) is 3.73. The lowest BCUT2D eigenvalue weighted by molar-refractivity contribution is -0.118. The summed E-state index contributed by atoms with van der Waals surface area (Å²) in [5.74, 6) is 0.527. The molecule has 0 heterocycles. The van der Waals surface area contributed by atoms with E-state index >= 15 is 0 Å². The van der Waals surface area contributed by atoms with Crippen molar-refractivity contribution < 1.29 is 4.79 Å². The summed E-state index contributed by atoms with van der Waals surface area (Å²) in [4.78, 5) is 12.9. The van der Waals surface area contributed by atoms with Gasteiger partial charge < -0.3 is 5.32 Å². The fourth-order valence-electron chi connectivity index (χ4n) is 1.92. The summed E-state index contributed by atoms with van der Waals surface area (Å²) in [5.41, 5.74) is 1.13. The molecule has 4 heteroatoms. The van der Waals surface area contributed by atoms with Crippen molar-refractivity contribution in [3.05, 3.63) is 65.2 Å². The number of amides is 1. The number of rotatable bonds is 7. The van der Waals surface area contributed by atoms with Crippen LogP contribution in [0.2, 0.25) is 5.02 Å². The average Bonchev–Trinajstić information content (AvgIpc) is 2.52. The number of aryl methyl sites for hydroxylation is 1. The monoisotopic (exact) mass is 319 g/mol. The van der Waals surface area contributed by atoms with E-state index in [1.54, 1.807) is 11.8 Å². The van der Waals surface area contributed by atoms with Crippen LogP contribution in [0.15, 0.2) is 59.5 Å². The van der Waals surface area contributed by atoms with Crippen molar-refractivity contribution in [2.75, 3.05) is 12.3 Å². The SMILES string of the molecule is O=C(CSc1ccccc1)NCCCc1ccccc1Cl. The molecule has 0 saturated carbocycles. The van der Waals surface area contributed by atoms with Crippen molar-refractivity contribution in [1.29, 1.82) is 0 Å². The largest absolute Gasteiger partial charge is 0.355 e. The van der Waals surface area contributed by atoms with E-state index in [0.717, 1.165) is 28.3 Å². The van der Waals surface area contributed by atoms with Gasteiger partial charge in [-0.25, -0.2) is 0 Å². The van der Waals surface area contributed by atoms with Crippen LogP contribution < -0.4 is 5.32 Å². The Kier molecular flexibility index (Phi) is 6.64. The normalized spacial score (nSPS) is 10.3. The maximum atomic E-state index is 11.7. The predicted molar refractivity (Wildman–Crippen MR) is 89.9 cm³/mol. The van der Waals surface area contributed by atoms with Gasteiger partial charge in [-0.05, 0) is 36.6 Å². The average molecular weight is 320 g/mol. The number of hydrogen-bond acceptors (Lipinski definition) is 2. The Morgan fingerprint density at radius 3 is 2.52 bits per heavy atom. The van der Waals surface area contributed by atoms with Gasteiger partial charge in [0.05, 0.1) is 5.75 Å². The number of benzene rings is 2. The predicted octanol–water partition coefficient (Wildman–Crippen LogP) is 4.18. The first-order chi connectivity index (χ1) is 10.3. The zero-order valence-corrected chi connectivity index (χ0v) is 13.3. The molecule has 0 aliphatic heterocycles. The summed E-state index contributed by atoms with van der Waals surface area (Å²) in [6, 6.07) is 17.8. The van der Waals surface area contributed by atoms with E-state index < -0.39 is 0 Å². The molecule has 21 heavy (non-hydrogen) atoms. The van der Waals surface area contributed by atoms with Crippen LogP contribution in [0.25, 0.3) is 0 Å². The minimum atomic E-state index is 0.0722. The molecule has 0 spiro atoms. The second-order valence-electron chi connectivity index (χ2n) is 4.65. The molecule has 1 N–H and O–H groups in total. The molecule has 1 amide bonds. The number of carbonyl (C=O) groups is 1. The molecule has 2 aromatic carbocycles. The smallest absolute Gasteiger partial charge is 0.230 e. The Hall–Kier alpha value is -1.45. The molecule has 110 valence electrons. The first kappa shape index (κ1) is 15.9. The Labute approximate surface area is 134 Å². The zero-order valence-electron chi connectivity index (χ0n) is 11.7. The molecular weight excluding hydrogens is 302 g/mol. The summed E-state index contributed by atoms with van der Waals surface area (Å²) in [7, 11) is 0. The van der Waals surface area contributed by atoms with Crippen molar-refractivity contribution in [2.24, 2.45) is 0 Å². The van der Waals surface area contributed by atoms with E-state index in [-0.39, 0.29) is 5.91 Å². The lowest BCUT2D eigenvalue weighted by Gasteiger charge is -2.06. The summed E-state index contributed by atoms with van der Waals surface area (Å²) >= 11 is 7.64. The third-order valence-electron chi connectivity index (χ3n) is 3.02. The number of thioether (sulfide) groups is 1. The lowest BCUT2D eigenvalue weighted by Crippen LogP contribution is -2.26. The van der Waals surface area contributed by atoms with Crippen LogP contribution in [0.1, 0.15) is 12.0 Å². The third-order valence-corrected chi connectivity index (χ3v) is 4.40. The van der Waals surface area contributed by atoms with Crippen LogP contribution >= 0.6 is 23.4 Å². The Bertz CT molecular complexity index is 574. The van der Waals surface area contributed by atoms with Crippen LogP contribution in [-0.4, -0.2) is 18.2 Å². The molecule has 0 aromatic heterocycles. The van der Waals surface area contributed by atoms with Gasteiger partial charge in [-0.1, -0.05) is 48.0 Å². The van der Waals surface area contributed by atoms with Crippen LogP contribution in [0.5, 0.6) is 0 Å². The molecule has 0 aliphatic rings. The van der Waals surface area contributed by atoms with E-state index in [0.29, 0.717) is 12.3 Å². The molecule has 0 saturated heterocycles. The van der Waals surface area contributed by atoms with E-state index in [9.17, 15) is 4.79 Å². The molecule has 2 nitrogen and oxygen atoms in total. The third kappa shape index (κ3) is 5.82. The fraction of sp³-hybridized carbons (Fsp3) is 0.235. The minimum Gasteiger partial charge on any atom is -0.355 e. The standard InChI is InChI=1S/C17H18ClNOS/c18-16-11-5-4-7-14(16)8-6-12-19-17(20)13-21-15-9-2-1-3-10-15/h1-5,7,9-11H,6,8,12-13H2,(H,19,20). The Balaban J connectivity index is 1.62. The van der Waals surface area contributed by atoms with Gasteiger partial charge in [-0.3, -0.25) is 4.79 Å². The fourth-order valence-corrected chi connectivity index (χ4v) is 2.90. The van der Waals surface area contributed by atoms with Gasteiger partial charge in [-0.15, -0.1) is 11.8 Å². The number of halogens is 1. The van der Waals surface area contributed by atoms with Crippen molar-refractivity contribution in [1.82, 2.24) is 5.32 Å². The summed E-state index contributed by atoms with van der Waals surface area (Å²) in [6.07, 6.45) is 1.78. The highest BCUT2D eigenvalue weighted by atomic mass is 35.5. The highest BCUT2D eigenvalue weighted by molar-refractivity contribution is 8.00. The topological polar surface area (TPSA) is 29.1 Å². The van der Waals surface area contributed by atoms with Crippen molar-refractivity contribution >= 4 is 29.3 Å². The van der Waals surface area contributed by atoms with Gasteiger partial charge in [0.15, 0.2) is 0 Å². The van der Waals surface area contributed by atoms with Gasteiger partial charge in [0.2, 0.25) is 5.91 Å². The molecule has 0 bridgehead atoms. The zero-order chi connectivity index (χ0) is 14.9. The highest BCUT2D eigenvalue weighted by Crippen LogP contribution is 2.17. The lowest BCUT2D eigenvalue weighted by atomic mass is 10.1. The maximum absolute atomic E-state index is 11.7. The molecule has 0 radical (unpaired) electrons. The van der Waals surface area contributed by atoms with Crippen LogP contribution in [0.4, 0.5) is 0 Å². The second kappa shape index (κ2) is 8.75. The summed E-state index contributed by atoms with van der Waals surface area (Å²) < 4.78 is 0. The molecule has 0 fully saturated rings. The van der Waals surface area contributed by atoms with E-state index in [2.05, 4.69) is 5.32 Å². The van der Waals surface area contributed by atoms with Crippen LogP contribution in [-0.2, 0) is 11.2 Å². The molecule has 0 atom stereocenters. The number of nitrogens with one attached hydrogen (secondary N) is 1. The maximum Gasteiger partial charge on any atom is 0.230 e. The molecule has 0 unspecified atom stereocenters. The highest BCUT2D eigenvalue weighted by Gasteiger charge is 2.03. The molecule has 2 aromatic rings.